The second-order valence-electron chi connectivity index (χ2n) is 3.15. The normalized spacial score (nSPS) is 23.0. The Morgan fingerprint density at radius 3 is 2.50 bits per heavy atom. The predicted molar refractivity (Wildman–Crippen MR) is 42.8 cm³/mol. The lowest BCUT2D eigenvalue weighted by molar-refractivity contribution is 0.194. The lowest BCUT2D eigenvalue weighted by atomic mass is 9.67. The molecule has 1 fully saturated rings. The van der Waals surface area contributed by atoms with Gasteiger partial charge in [-0.15, -0.1) is 0 Å². The molecule has 1 aliphatic rings. The Bertz CT molecular complexity index is 117. The minimum absolute atomic E-state index is 0.196. The van der Waals surface area contributed by atoms with Gasteiger partial charge in [-0.3, -0.25) is 0 Å². The smallest absolute Gasteiger partial charge is 0.0612 e. The average molecular weight is 140 g/mol. The first-order valence-corrected chi connectivity index (χ1v) is 4.11. The van der Waals surface area contributed by atoms with Crippen molar-refractivity contribution in [1.29, 1.82) is 0 Å². The largest absolute Gasteiger partial charge is 0.392 e. The highest BCUT2D eigenvalue weighted by atomic mass is 16.2. The highest BCUT2D eigenvalue weighted by Gasteiger charge is 2.31. The molecule has 0 aliphatic heterocycles. The molecule has 1 aliphatic carbocycles. The van der Waals surface area contributed by atoms with E-state index in [1.807, 2.05) is 6.08 Å². The second-order valence-corrected chi connectivity index (χ2v) is 3.15. The van der Waals surface area contributed by atoms with Crippen LogP contribution in [-0.4, -0.2) is 11.7 Å². The fourth-order valence-electron chi connectivity index (χ4n) is 1.57. The van der Waals surface area contributed by atoms with E-state index < -0.39 is 0 Å². The Hall–Kier alpha value is -0.300. The van der Waals surface area contributed by atoms with Gasteiger partial charge in [-0.2, -0.15) is 0 Å². The van der Waals surface area contributed by atoms with Gasteiger partial charge in [-0.1, -0.05) is 25.5 Å². The van der Waals surface area contributed by atoms with Crippen molar-refractivity contribution < 1.29 is 5.11 Å². The van der Waals surface area contributed by atoms with E-state index in [4.69, 9.17) is 5.11 Å². The Balaban J connectivity index is 2.40. The quantitative estimate of drug-likeness (QED) is 0.595. The van der Waals surface area contributed by atoms with Crippen LogP contribution in [0.5, 0.6) is 0 Å². The number of aliphatic hydroxyl groups excluding tert-OH is 1. The first-order chi connectivity index (χ1) is 4.83. The summed E-state index contributed by atoms with van der Waals surface area (Å²) in [6.45, 7) is 2.42. The van der Waals surface area contributed by atoms with Gasteiger partial charge >= 0.3 is 0 Å². The molecule has 0 amide bonds. The standard InChI is InChI=1S/C9H16O/c1-2-9(5-3-6-9)7-4-8-10/h4,7,10H,2-3,5-6,8H2,1H3/b7-4+. The van der Waals surface area contributed by atoms with Crippen LogP contribution in [-0.2, 0) is 0 Å². The molecule has 1 N–H and O–H groups in total. The van der Waals surface area contributed by atoms with E-state index in [2.05, 4.69) is 13.0 Å². The molecule has 58 valence electrons. The van der Waals surface area contributed by atoms with Crippen LogP contribution in [0.4, 0.5) is 0 Å². The summed E-state index contributed by atoms with van der Waals surface area (Å²) in [5.41, 5.74) is 0.475. The third-order valence-corrected chi connectivity index (χ3v) is 2.63. The Labute approximate surface area is 62.8 Å². The molecule has 0 radical (unpaired) electrons. The Kier molecular flexibility index (Phi) is 2.50. The lowest BCUT2D eigenvalue weighted by Crippen LogP contribution is -2.25. The SMILES string of the molecule is CCC1(/C=C/CO)CCC1. The molecule has 1 nitrogen and oxygen atoms in total. The van der Waals surface area contributed by atoms with Crippen LogP contribution in [0.3, 0.4) is 0 Å². The number of aliphatic hydroxyl groups is 1. The fraction of sp³-hybridized carbons (Fsp3) is 0.778. The minimum Gasteiger partial charge on any atom is -0.392 e. The van der Waals surface area contributed by atoms with Crippen LogP contribution in [0.1, 0.15) is 32.6 Å². The van der Waals surface area contributed by atoms with Crippen molar-refractivity contribution >= 4 is 0 Å². The summed E-state index contributed by atoms with van der Waals surface area (Å²) < 4.78 is 0. The number of allylic oxidation sites excluding steroid dienone is 1. The second kappa shape index (κ2) is 3.20. The van der Waals surface area contributed by atoms with Crippen molar-refractivity contribution in [2.45, 2.75) is 32.6 Å². The summed E-state index contributed by atoms with van der Waals surface area (Å²) in [7, 11) is 0. The third-order valence-electron chi connectivity index (χ3n) is 2.63. The topological polar surface area (TPSA) is 20.2 Å². The van der Waals surface area contributed by atoms with Crippen LogP contribution < -0.4 is 0 Å². The maximum atomic E-state index is 8.56. The minimum atomic E-state index is 0.196. The van der Waals surface area contributed by atoms with Crippen LogP contribution in [0.15, 0.2) is 12.2 Å². The monoisotopic (exact) mass is 140 g/mol. The average Bonchev–Trinajstić information content (AvgIpc) is 1.87. The molecule has 0 bridgehead atoms. The van der Waals surface area contributed by atoms with Gasteiger partial charge in [-0.25, -0.2) is 0 Å². The van der Waals surface area contributed by atoms with E-state index in [9.17, 15) is 0 Å². The number of rotatable bonds is 3. The van der Waals surface area contributed by atoms with Crippen molar-refractivity contribution in [1.82, 2.24) is 0 Å². The van der Waals surface area contributed by atoms with Crippen molar-refractivity contribution in [3.05, 3.63) is 12.2 Å². The molecule has 1 rings (SSSR count). The molecular weight excluding hydrogens is 124 g/mol. The van der Waals surface area contributed by atoms with Crippen molar-refractivity contribution in [3.63, 3.8) is 0 Å². The molecule has 0 atom stereocenters. The number of hydrogen-bond donors (Lipinski definition) is 1. The highest BCUT2D eigenvalue weighted by molar-refractivity contribution is 5.03. The first kappa shape index (κ1) is 7.80. The molecule has 1 heteroatoms. The molecule has 1 saturated carbocycles. The zero-order chi connectivity index (χ0) is 7.45. The molecule has 0 unspecified atom stereocenters. The molecular formula is C9H16O. The summed E-state index contributed by atoms with van der Waals surface area (Å²) >= 11 is 0. The number of hydrogen-bond acceptors (Lipinski definition) is 1. The molecule has 0 aromatic rings. The van der Waals surface area contributed by atoms with Crippen LogP contribution in [0.2, 0.25) is 0 Å². The molecule has 0 aromatic carbocycles. The molecule has 0 heterocycles. The maximum absolute atomic E-state index is 8.56. The van der Waals surface area contributed by atoms with Gasteiger partial charge in [0.1, 0.15) is 0 Å². The van der Waals surface area contributed by atoms with Gasteiger partial charge in [0.25, 0.3) is 0 Å². The first-order valence-electron chi connectivity index (χ1n) is 4.11. The van der Waals surface area contributed by atoms with Crippen LogP contribution >= 0.6 is 0 Å². The predicted octanol–water partition coefficient (Wildman–Crippen LogP) is 2.12. The van der Waals surface area contributed by atoms with Gasteiger partial charge < -0.3 is 5.11 Å². The van der Waals surface area contributed by atoms with Gasteiger partial charge in [-0.05, 0) is 24.7 Å². The Morgan fingerprint density at radius 2 is 2.20 bits per heavy atom. The zero-order valence-electron chi connectivity index (χ0n) is 6.64. The van der Waals surface area contributed by atoms with E-state index in [0.29, 0.717) is 5.41 Å². The van der Waals surface area contributed by atoms with E-state index in [0.717, 1.165) is 0 Å². The highest BCUT2D eigenvalue weighted by Crippen LogP contribution is 2.44. The summed E-state index contributed by atoms with van der Waals surface area (Å²) in [6, 6.07) is 0. The van der Waals surface area contributed by atoms with E-state index in [-0.39, 0.29) is 6.61 Å². The molecule has 10 heavy (non-hydrogen) atoms. The van der Waals surface area contributed by atoms with E-state index in [1.165, 1.54) is 25.7 Å². The molecule has 0 spiro atoms. The van der Waals surface area contributed by atoms with Gasteiger partial charge in [0, 0.05) is 0 Å². The van der Waals surface area contributed by atoms with Crippen molar-refractivity contribution in [2.75, 3.05) is 6.61 Å². The van der Waals surface area contributed by atoms with Gasteiger partial charge in [0.05, 0.1) is 6.61 Å². The van der Waals surface area contributed by atoms with Crippen LogP contribution in [0, 0.1) is 5.41 Å². The lowest BCUT2D eigenvalue weighted by Gasteiger charge is -2.38. The fourth-order valence-corrected chi connectivity index (χ4v) is 1.57. The summed E-state index contributed by atoms with van der Waals surface area (Å²) in [4.78, 5) is 0. The maximum Gasteiger partial charge on any atom is 0.0612 e. The summed E-state index contributed by atoms with van der Waals surface area (Å²) in [5.74, 6) is 0. The van der Waals surface area contributed by atoms with E-state index >= 15 is 0 Å². The third kappa shape index (κ3) is 1.40. The summed E-state index contributed by atoms with van der Waals surface area (Å²) in [5, 5.41) is 8.56. The van der Waals surface area contributed by atoms with Crippen molar-refractivity contribution in [3.8, 4) is 0 Å². The van der Waals surface area contributed by atoms with E-state index in [1.54, 1.807) is 0 Å². The summed E-state index contributed by atoms with van der Waals surface area (Å²) in [6.07, 6.45) is 9.30. The molecule has 0 saturated heterocycles. The van der Waals surface area contributed by atoms with Crippen LogP contribution in [0.25, 0.3) is 0 Å². The van der Waals surface area contributed by atoms with Crippen molar-refractivity contribution in [2.24, 2.45) is 5.41 Å². The zero-order valence-corrected chi connectivity index (χ0v) is 6.64. The van der Waals surface area contributed by atoms with Gasteiger partial charge in [0.15, 0.2) is 0 Å². The Morgan fingerprint density at radius 1 is 1.50 bits per heavy atom. The van der Waals surface area contributed by atoms with Gasteiger partial charge in [0.2, 0.25) is 0 Å². The molecule has 0 aromatic heterocycles.